The summed E-state index contributed by atoms with van der Waals surface area (Å²) in [6.45, 7) is 5.11. The minimum atomic E-state index is -1.48. The van der Waals surface area contributed by atoms with Gasteiger partial charge in [-0.15, -0.1) is 0 Å². The van der Waals surface area contributed by atoms with Crippen LogP contribution in [-0.2, 0) is 19.1 Å². The van der Waals surface area contributed by atoms with Crippen molar-refractivity contribution in [2.24, 2.45) is 11.8 Å². The van der Waals surface area contributed by atoms with E-state index in [-0.39, 0.29) is 13.0 Å². The topological polar surface area (TPSA) is 96.6 Å². The number of hydrogen-bond acceptors (Lipinski definition) is 5. The minimum Gasteiger partial charge on any atom is -0.481 e. The minimum absolute atomic E-state index is 0.0778. The number of aliphatic carboxylic acids is 1. The Hall–Kier alpha value is -1.61. The molecule has 2 atom stereocenters. The van der Waals surface area contributed by atoms with Crippen LogP contribution in [0.3, 0.4) is 0 Å². The van der Waals surface area contributed by atoms with Gasteiger partial charge in [0.2, 0.25) is 0 Å². The van der Waals surface area contributed by atoms with Crippen molar-refractivity contribution in [3.8, 4) is 6.07 Å². The Morgan fingerprint density at radius 1 is 1.44 bits per heavy atom. The normalized spacial score (nSPS) is 14.4. The number of ether oxygens (including phenoxy) is 2. The highest BCUT2D eigenvalue weighted by molar-refractivity contribution is 5.94. The van der Waals surface area contributed by atoms with E-state index < -0.39 is 29.4 Å². The van der Waals surface area contributed by atoms with Crippen LogP contribution in [-0.4, -0.2) is 36.4 Å². The fourth-order valence-corrected chi connectivity index (χ4v) is 1.52. The molecular weight excluding hydrogens is 238 g/mol. The molecule has 0 heterocycles. The first kappa shape index (κ1) is 16.4. The molecule has 0 bridgehead atoms. The monoisotopic (exact) mass is 257 g/mol. The Balaban J connectivity index is 5.02. The molecule has 0 amide bonds. The summed E-state index contributed by atoms with van der Waals surface area (Å²) in [6.07, 6.45) is 0.135. The molecule has 0 rings (SSSR count). The zero-order chi connectivity index (χ0) is 14.3. The molecule has 0 saturated heterocycles. The van der Waals surface area contributed by atoms with Gasteiger partial charge in [-0.25, -0.2) is 0 Å². The number of carbonyl (C=O) groups excluding carboxylic acids is 1. The number of carboxylic acid groups (broad SMARTS) is 1. The quantitative estimate of drug-likeness (QED) is 0.543. The number of nitrogens with zero attached hydrogens (tertiary/aromatic N) is 1. The Kier molecular flexibility index (Phi) is 6.34. The molecular formula is C12H19NO5. The van der Waals surface area contributed by atoms with E-state index in [0.717, 1.165) is 0 Å². The second-order valence-electron chi connectivity index (χ2n) is 4.47. The number of esters is 1. The zero-order valence-electron chi connectivity index (χ0n) is 11.1. The van der Waals surface area contributed by atoms with Gasteiger partial charge >= 0.3 is 11.9 Å². The smallest absolute Gasteiger partial charge is 0.321 e. The van der Waals surface area contributed by atoms with E-state index in [1.165, 1.54) is 7.11 Å². The van der Waals surface area contributed by atoms with Gasteiger partial charge in [0.05, 0.1) is 24.2 Å². The first-order valence-electron chi connectivity index (χ1n) is 5.63. The zero-order valence-corrected chi connectivity index (χ0v) is 11.1. The maximum absolute atomic E-state index is 11.6. The number of rotatable bonds is 7. The van der Waals surface area contributed by atoms with Crippen molar-refractivity contribution in [1.82, 2.24) is 0 Å². The van der Waals surface area contributed by atoms with Gasteiger partial charge in [-0.2, -0.15) is 5.26 Å². The molecule has 0 spiro atoms. The van der Waals surface area contributed by atoms with E-state index in [0.29, 0.717) is 0 Å². The fraction of sp³-hybridized carbons (Fsp3) is 0.750. The lowest BCUT2D eigenvalue weighted by Gasteiger charge is -2.27. The fourth-order valence-electron chi connectivity index (χ4n) is 1.52. The second-order valence-corrected chi connectivity index (χ2v) is 4.47. The summed E-state index contributed by atoms with van der Waals surface area (Å²) in [6, 6.07) is 1.85. The van der Waals surface area contributed by atoms with Crippen molar-refractivity contribution in [2.75, 3.05) is 13.7 Å². The Labute approximate surface area is 106 Å². The van der Waals surface area contributed by atoms with Crippen LogP contribution in [0.2, 0.25) is 0 Å². The maximum atomic E-state index is 11.6. The third-order valence-electron chi connectivity index (χ3n) is 2.64. The molecule has 18 heavy (non-hydrogen) atoms. The summed E-state index contributed by atoms with van der Waals surface area (Å²) >= 11 is 0. The third-order valence-corrected chi connectivity index (χ3v) is 2.64. The van der Waals surface area contributed by atoms with Crippen LogP contribution in [0, 0.1) is 23.2 Å². The maximum Gasteiger partial charge on any atom is 0.321 e. The molecule has 0 saturated carbocycles. The summed E-state index contributed by atoms with van der Waals surface area (Å²) in [5.41, 5.74) is -0.680. The van der Waals surface area contributed by atoms with Crippen molar-refractivity contribution in [3.05, 3.63) is 0 Å². The van der Waals surface area contributed by atoms with E-state index in [4.69, 9.17) is 15.1 Å². The molecule has 102 valence electrons. The van der Waals surface area contributed by atoms with Crippen LogP contribution in [0.4, 0.5) is 0 Å². The largest absolute Gasteiger partial charge is 0.481 e. The highest BCUT2D eigenvalue weighted by Gasteiger charge is 2.39. The van der Waals surface area contributed by atoms with Crippen LogP contribution >= 0.6 is 0 Å². The van der Waals surface area contributed by atoms with E-state index in [9.17, 15) is 9.59 Å². The predicted octanol–water partition coefficient (Wildman–Crippen LogP) is 1.21. The summed E-state index contributed by atoms with van der Waals surface area (Å²) in [5, 5.41) is 18.1. The number of hydrogen-bond donors (Lipinski definition) is 1. The standard InChI is InChI=1S/C12H19NO5/c1-5-18-11(16)9(10(14)15)8(7-13)6-12(2,3)17-4/h8-9H,5-6H2,1-4H3,(H,14,15)/t8-,9?/m1/s1. The van der Waals surface area contributed by atoms with Crippen LogP contribution in [0.25, 0.3) is 0 Å². The molecule has 0 radical (unpaired) electrons. The van der Waals surface area contributed by atoms with Gasteiger partial charge < -0.3 is 14.6 Å². The van der Waals surface area contributed by atoms with Crippen molar-refractivity contribution < 1.29 is 24.2 Å². The van der Waals surface area contributed by atoms with Gasteiger partial charge in [0.1, 0.15) is 0 Å². The van der Waals surface area contributed by atoms with Crippen LogP contribution in [0.1, 0.15) is 27.2 Å². The molecule has 6 heteroatoms. The SMILES string of the molecule is CCOC(=O)C(C(=O)O)[C@@H](C#N)CC(C)(C)OC. The van der Waals surface area contributed by atoms with Crippen molar-refractivity contribution in [1.29, 1.82) is 5.26 Å². The molecule has 0 aliphatic heterocycles. The van der Waals surface area contributed by atoms with Crippen molar-refractivity contribution >= 4 is 11.9 Å². The van der Waals surface area contributed by atoms with Gasteiger partial charge in [-0.05, 0) is 27.2 Å². The molecule has 0 aliphatic rings. The van der Waals surface area contributed by atoms with Gasteiger partial charge in [-0.1, -0.05) is 0 Å². The number of methoxy groups -OCH3 is 1. The second kappa shape index (κ2) is 6.97. The molecule has 0 fully saturated rings. The molecule has 0 aromatic heterocycles. The first-order valence-corrected chi connectivity index (χ1v) is 5.63. The highest BCUT2D eigenvalue weighted by atomic mass is 16.5. The lowest BCUT2D eigenvalue weighted by atomic mass is 9.84. The lowest BCUT2D eigenvalue weighted by Crippen LogP contribution is -2.37. The van der Waals surface area contributed by atoms with Gasteiger partial charge in [0.15, 0.2) is 5.92 Å². The van der Waals surface area contributed by atoms with E-state index in [1.54, 1.807) is 20.8 Å². The average Bonchev–Trinajstić information content (AvgIpc) is 2.27. The average molecular weight is 257 g/mol. The van der Waals surface area contributed by atoms with Gasteiger partial charge in [0.25, 0.3) is 0 Å². The lowest BCUT2D eigenvalue weighted by molar-refractivity contribution is -0.161. The third kappa shape index (κ3) is 4.72. The summed E-state index contributed by atoms with van der Waals surface area (Å²) in [4.78, 5) is 22.7. The molecule has 1 unspecified atom stereocenters. The van der Waals surface area contributed by atoms with Crippen LogP contribution < -0.4 is 0 Å². The number of nitriles is 1. The number of carbonyl (C=O) groups is 2. The van der Waals surface area contributed by atoms with Gasteiger partial charge in [-0.3, -0.25) is 9.59 Å². The molecule has 6 nitrogen and oxygen atoms in total. The molecule has 0 aromatic carbocycles. The summed E-state index contributed by atoms with van der Waals surface area (Å²) in [7, 11) is 1.47. The van der Waals surface area contributed by atoms with E-state index in [2.05, 4.69) is 4.74 Å². The highest BCUT2D eigenvalue weighted by Crippen LogP contribution is 2.26. The Bertz CT molecular complexity index is 345. The first-order chi connectivity index (χ1) is 8.29. The van der Waals surface area contributed by atoms with Gasteiger partial charge in [0, 0.05) is 7.11 Å². The summed E-state index contributed by atoms with van der Waals surface area (Å²) < 4.78 is 9.83. The molecule has 0 aromatic rings. The Morgan fingerprint density at radius 3 is 2.33 bits per heavy atom. The van der Waals surface area contributed by atoms with E-state index in [1.807, 2.05) is 6.07 Å². The molecule has 1 N–H and O–H groups in total. The van der Waals surface area contributed by atoms with Crippen molar-refractivity contribution in [2.45, 2.75) is 32.8 Å². The van der Waals surface area contributed by atoms with Crippen molar-refractivity contribution in [3.63, 3.8) is 0 Å². The van der Waals surface area contributed by atoms with Crippen LogP contribution in [0.15, 0.2) is 0 Å². The number of carboxylic acids is 1. The van der Waals surface area contributed by atoms with E-state index >= 15 is 0 Å². The molecule has 0 aliphatic carbocycles. The predicted molar refractivity (Wildman–Crippen MR) is 62.6 cm³/mol. The van der Waals surface area contributed by atoms with Crippen LogP contribution in [0.5, 0.6) is 0 Å². The Morgan fingerprint density at radius 2 is 2.00 bits per heavy atom. The summed E-state index contributed by atoms with van der Waals surface area (Å²) in [5.74, 6) is -4.71.